The molecule has 0 aliphatic rings. The van der Waals surface area contributed by atoms with Crippen LogP contribution in [0.15, 0.2) is 39.2 Å². The van der Waals surface area contributed by atoms with Gasteiger partial charge in [-0.1, -0.05) is 17.7 Å². The van der Waals surface area contributed by atoms with Crippen LogP contribution < -0.4 is 15.4 Å². The van der Waals surface area contributed by atoms with Gasteiger partial charge in [0, 0.05) is 18.2 Å². The van der Waals surface area contributed by atoms with Crippen LogP contribution in [0.25, 0.3) is 11.8 Å². The van der Waals surface area contributed by atoms with Crippen LogP contribution in [0.2, 0.25) is 0 Å². The minimum Gasteiger partial charge on any atom is -0.858 e. The molecule has 2 N–H and O–H groups in total. The Labute approximate surface area is 113 Å². The van der Waals surface area contributed by atoms with Gasteiger partial charge < -0.3 is 10.5 Å². The maximum absolute atomic E-state index is 11.6. The van der Waals surface area contributed by atoms with Gasteiger partial charge in [0.1, 0.15) is 6.07 Å². The number of hydrogen-bond acceptors (Lipinski definition) is 5. The van der Waals surface area contributed by atoms with E-state index >= 15 is 0 Å². The van der Waals surface area contributed by atoms with Crippen LogP contribution >= 0.6 is 0 Å². The van der Waals surface area contributed by atoms with Crippen molar-refractivity contribution in [1.29, 1.82) is 10.7 Å². The monoisotopic (exact) mass is 270 g/mol. The van der Waals surface area contributed by atoms with Crippen molar-refractivity contribution in [3.05, 3.63) is 51.5 Å². The molecule has 7 heteroatoms. The summed E-state index contributed by atoms with van der Waals surface area (Å²) in [5.74, 6) is -1.16. The average molecular weight is 270 g/mol. The number of hydrogen-bond donors (Lipinski definition) is 2. The highest BCUT2D eigenvalue weighted by Gasteiger charge is 2.21. The highest BCUT2D eigenvalue weighted by Crippen LogP contribution is 2.04. The molecule has 0 amide bonds. The van der Waals surface area contributed by atoms with Crippen molar-refractivity contribution in [1.82, 2.24) is 5.27 Å². The Bertz CT molecular complexity index is 775. The fourth-order valence-corrected chi connectivity index (χ4v) is 1.57. The third kappa shape index (κ3) is 2.49. The van der Waals surface area contributed by atoms with Gasteiger partial charge in [0.05, 0.1) is 5.57 Å². The maximum Gasteiger partial charge on any atom is 0.435 e. The molecule has 0 unspecified atom stereocenters. The lowest BCUT2D eigenvalue weighted by atomic mass is 10.2. The van der Waals surface area contributed by atoms with E-state index in [-0.39, 0.29) is 5.69 Å². The fourth-order valence-electron chi connectivity index (χ4n) is 1.57. The number of benzene rings is 1. The summed E-state index contributed by atoms with van der Waals surface area (Å²) in [5.41, 5.74) is 0.419. The summed E-state index contributed by atoms with van der Waals surface area (Å²) >= 11 is 0. The van der Waals surface area contributed by atoms with Crippen LogP contribution in [0, 0.1) is 23.7 Å². The van der Waals surface area contributed by atoms with Crippen LogP contribution in [-0.4, -0.2) is 11.2 Å². The Morgan fingerprint density at radius 1 is 1.50 bits per heavy atom. The molecule has 0 radical (unpaired) electrons. The SMILES string of the molecule is Cc1ccc(-[n+]2[nH]oc(=O)c2C=C(C#N)C(=N)[O-])cc1. The van der Waals surface area contributed by atoms with E-state index in [1.165, 1.54) is 4.68 Å². The molecule has 1 aromatic carbocycles. The molecule has 7 nitrogen and oxygen atoms in total. The van der Waals surface area contributed by atoms with Gasteiger partial charge in [-0.05, 0) is 22.8 Å². The van der Waals surface area contributed by atoms with Crippen LogP contribution in [0.1, 0.15) is 11.3 Å². The van der Waals surface area contributed by atoms with Gasteiger partial charge in [0.15, 0.2) is 0 Å². The number of aryl methyl sites for hydroxylation is 1. The van der Waals surface area contributed by atoms with Crippen molar-refractivity contribution in [2.45, 2.75) is 6.92 Å². The molecule has 2 rings (SSSR count). The van der Waals surface area contributed by atoms with Gasteiger partial charge >= 0.3 is 11.3 Å². The summed E-state index contributed by atoms with van der Waals surface area (Å²) in [6, 6.07) is 8.73. The van der Waals surface area contributed by atoms with E-state index in [0.717, 1.165) is 11.6 Å². The summed E-state index contributed by atoms with van der Waals surface area (Å²) in [4.78, 5) is 11.6. The lowest BCUT2D eigenvalue weighted by Gasteiger charge is -2.01. The highest BCUT2D eigenvalue weighted by molar-refractivity contribution is 5.96. The second-order valence-electron chi connectivity index (χ2n) is 4.04. The number of nitrogens with one attached hydrogen (secondary N) is 2. The quantitative estimate of drug-likeness (QED) is 0.347. The number of aromatic nitrogens is 2. The zero-order chi connectivity index (χ0) is 14.7. The summed E-state index contributed by atoms with van der Waals surface area (Å²) in [6.07, 6.45) is 1.03. The first-order valence-electron chi connectivity index (χ1n) is 5.61. The average Bonchev–Trinajstić information content (AvgIpc) is 2.78. The zero-order valence-corrected chi connectivity index (χ0v) is 10.5. The predicted molar refractivity (Wildman–Crippen MR) is 66.9 cm³/mol. The lowest BCUT2D eigenvalue weighted by molar-refractivity contribution is -0.672. The zero-order valence-electron chi connectivity index (χ0n) is 10.5. The first-order valence-corrected chi connectivity index (χ1v) is 5.61. The second kappa shape index (κ2) is 5.24. The lowest BCUT2D eigenvalue weighted by Crippen LogP contribution is -2.37. The molecule has 0 fully saturated rings. The standard InChI is InChI=1S/C13H10N4O3/c1-8-2-4-10(5-3-8)17-11(13(19)20-16-17)6-9(7-14)12(15)18/h2-6H,1H3,(H2-,15,16,18,19). The van der Waals surface area contributed by atoms with Crippen LogP contribution in [0.3, 0.4) is 0 Å². The fraction of sp³-hybridized carbons (Fsp3) is 0.0769. The van der Waals surface area contributed by atoms with E-state index in [4.69, 9.17) is 10.7 Å². The van der Waals surface area contributed by atoms with Gasteiger partial charge in [-0.25, -0.2) is 4.79 Å². The maximum atomic E-state index is 11.6. The number of rotatable bonds is 3. The molecule has 0 saturated heterocycles. The Morgan fingerprint density at radius 3 is 2.70 bits per heavy atom. The van der Waals surface area contributed by atoms with Crippen molar-refractivity contribution in [3.8, 4) is 11.8 Å². The predicted octanol–water partition coefficient (Wildman–Crippen LogP) is -0.202. The molecule has 0 spiro atoms. The topological polar surface area (TPSA) is 121 Å². The molecule has 0 aliphatic heterocycles. The Kier molecular flexibility index (Phi) is 3.48. The van der Waals surface area contributed by atoms with E-state index in [1.54, 1.807) is 18.2 Å². The Hall–Kier alpha value is -3.14. The third-order valence-electron chi connectivity index (χ3n) is 2.62. The van der Waals surface area contributed by atoms with Crippen LogP contribution in [0.4, 0.5) is 0 Å². The van der Waals surface area contributed by atoms with Crippen molar-refractivity contribution in [2.75, 3.05) is 0 Å². The van der Waals surface area contributed by atoms with E-state index < -0.39 is 17.1 Å². The number of nitrogens with zero attached hydrogens (tertiary/aromatic N) is 2. The van der Waals surface area contributed by atoms with E-state index in [9.17, 15) is 9.90 Å². The van der Waals surface area contributed by atoms with Crippen molar-refractivity contribution in [2.24, 2.45) is 0 Å². The second-order valence-corrected chi connectivity index (χ2v) is 4.04. The van der Waals surface area contributed by atoms with Crippen molar-refractivity contribution in [3.63, 3.8) is 0 Å². The first kappa shape index (κ1) is 13.3. The summed E-state index contributed by atoms with van der Waals surface area (Å²) in [7, 11) is 0. The van der Waals surface area contributed by atoms with Gasteiger partial charge in [-0.3, -0.25) is 4.52 Å². The Balaban J connectivity index is 2.59. The van der Waals surface area contributed by atoms with Crippen molar-refractivity contribution < 1.29 is 14.3 Å². The molecule has 0 aliphatic carbocycles. The minimum absolute atomic E-state index is 0.0361. The smallest absolute Gasteiger partial charge is 0.435 e. The van der Waals surface area contributed by atoms with E-state index in [2.05, 4.69) is 9.79 Å². The normalized spacial score (nSPS) is 11.1. The molecular formula is C13H10N4O3. The summed E-state index contributed by atoms with van der Waals surface area (Å²) in [6.45, 7) is 1.92. The van der Waals surface area contributed by atoms with Gasteiger partial charge in [0.2, 0.25) is 5.69 Å². The molecule has 0 saturated carbocycles. The van der Waals surface area contributed by atoms with E-state index in [1.807, 2.05) is 19.1 Å². The molecule has 1 heterocycles. The molecule has 0 bridgehead atoms. The van der Waals surface area contributed by atoms with Gasteiger partial charge in [0.25, 0.3) is 0 Å². The Morgan fingerprint density at radius 2 is 2.15 bits per heavy atom. The van der Waals surface area contributed by atoms with Gasteiger partial charge in [-0.2, -0.15) is 5.26 Å². The van der Waals surface area contributed by atoms with Crippen molar-refractivity contribution >= 4 is 12.0 Å². The third-order valence-corrected chi connectivity index (χ3v) is 2.62. The molecule has 2 aromatic rings. The first-order chi connectivity index (χ1) is 9.52. The van der Waals surface area contributed by atoms with E-state index in [0.29, 0.717) is 5.69 Å². The number of H-pyrrole nitrogens is 1. The summed E-state index contributed by atoms with van der Waals surface area (Å²) in [5, 5.41) is 29.0. The largest absolute Gasteiger partial charge is 0.858 e. The number of aromatic amines is 1. The molecule has 100 valence electrons. The molecule has 20 heavy (non-hydrogen) atoms. The molecular weight excluding hydrogens is 260 g/mol. The summed E-state index contributed by atoms with van der Waals surface area (Å²) < 4.78 is 5.96. The van der Waals surface area contributed by atoms with Crippen LogP contribution in [0.5, 0.6) is 0 Å². The molecule has 0 atom stereocenters. The minimum atomic E-state index is -1.16. The highest BCUT2D eigenvalue weighted by atomic mass is 16.5. The van der Waals surface area contributed by atoms with Crippen LogP contribution in [-0.2, 0) is 0 Å². The molecule has 1 aromatic heterocycles. The van der Waals surface area contributed by atoms with Gasteiger partial charge in [-0.15, -0.1) is 0 Å². The number of nitriles is 1.